The summed E-state index contributed by atoms with van der Waals surface area (Å²) in [6, 6.07) is 0. The van der Waals surface area contributed by atoms with E-state index >= 15 is 0 Å². The molecule has 0 radical (unpaired) electrons. The van der Waals surface area contributed by atoms with Crippen LogP contribution in [0.3, 0.4) is 0 Å². The lowest BCUT2D eigenvalue weighted by atomic mass is 10.3. The van der Waals surface area contributed by atoms with Crippen molar-refractivity contribution in [3.05, 3.63) is 17.8 Å². The highest BCUT2D eigenvalue weighted by atomic mass is 16.3. The molecule has 0 aliphatic heterocycles. The highest BCUT2D eigenvalue weighted by Crippen LogP contribution is 2.32. The maximum Gasteiger partial charge on any atom is 0.194 e. The Hall–Kier alpha value is -0.790. The monoisotopic (exact) mass is 151 g/mol. The summed E-state index contributed by atoms with van der Waals surface area (Å²) in [5, 5.41) is 0. The van der Waals surface area contributed by atoms with E-state index in [0.29, 0.717) is 0 Å². The van der Waals surface area contributed by atoms with Gasteiger partial charge in [0.25, 0.3) is 0 Å². The van der Waals surface area contributed by atoms with Gasteiger partial charge in [0, 0.05) is 6.42 Å². The summed E-state index contributed by atoms with van der Waals surface area (Å²) in [6.45, 7) is 2.10. The Kier molecular flexibility index (Phi) is 1.68. The summed E-state index contributed by atoms with van der Waals surface area (Å²) in [7, 11) is 0. The van der Waals surface area contributed by atoms with Crippen LogP contribution in [0.2, 0.25) is 0 Å². The van der Waals surface area contributed by atoms with Gasteiger partial charge in [-0.05, 0) is 25.2 Å². The summed E-state index contributed by atoms with van der Waals surface area (Å²) in [4.78, 5) is 4.34. The summed E-state index contributed by atoms with van der Waals surface area (Å²) in [5.41, 5.74) is 1.08. The topological polar surface area (TPSA) is 26.0 Å². The van der Waals surface area contributed by atoms with Gasteiger partial charge in [-0.2, -0.15) is 0 Å². The number of hydrogen-bond acceptors (Lipinski definition) is 2. The van der Waals surface area contributed by atoms with Crippen molar-refractivity contribution in [2.45, 2.75) is 32.6 Å². The molecule has 60 valence electrons. The largest absolute Gasteiger partial charge is 0.449 e. The second-order valence-corrected chi connectivity index (χ2v) is 3.23. The molecule has 2 rings (SSSR count). The van der Waals surface area contributed by atoms with E-state index < -0.39 is 0 Å². The molecule has 0 N–H and O–H groups in total. The van der Waals surface area contributed by atoms with Crippen molar-refractivity contribution in [1.29, 1.82) is 0 Å². The van der Waals surface area contributed by atoms with E-state index in [4.69, 9.17) is 4.42 Å². The van der Waals surface area contributed by atoms with Crippen LogP contribution in [-0.4, -0.2) is 4.98 Å². The van der Waals surface area contributed by atoms with Crippen molar-refractivity contribution in [3.63, 3.8) is 0 Å². The Bertz CT molecular complexity index is 237. The predicted molar refractivity (Wildman–Crippen MR) is 42.3 cm³/mol. The van der Waals surface area contributed by atoms with Crippen LogP contribution in [0.15, 0.2) is 10.7 Å². The number of nitrogens with zero attached hydrogens (tertiary/aromatic N) is 1. The first-order chi connectivity index (χ1) is 5.38. The van der Waals surface area contributed by atoms with Gasteiger partial charge in [0.1, 0.15) is 6.26 Å². The van der Waals surface area contributed by atoms with Crippen molar-refractivity contribution in [2.75, 3.05) is 0 Å². The Morgan fingerprint density at radius 2 is 2.45 bits per heavy atom. The van der Waals surface area contributed by atoms with Gasteiger partial charge in [-0.15, -0.1) is 0 Å². The molecule has 1 aliphatic carbocycles. The molecule has 1 fully saturated rings. The van der Waals surface area contributed by atoms with Gasteiger partial charge in [0.05, 0.1) is 5.69 Å². The lowest BCUT2D eigenvalue weighted by Crippen LogP contribution is -1.87. The summed E-state index contributed by atoms with van der Waals surface area (Å²) >= 11 is 0. The van der Waals surface area contributed by atoms with E-state index in [1.807, 2.05) is 0 Å². The van der Waals surface area contributed by atoms with Crippen LogP contribution >= 0.6 is 0 Å². The van der Waals surface area contributed by atoms with Gasteiger partial charge < -0.3 is 4.42 Å². The van der Waals surface area contributed by atoms with Crippen LogP contribution < -0.4 is 0 Å². The molecule has 0 saturated heterocycles. The maximum atomic E-state index is 5.30. The summed E-state index contributed by atoms with van der Waals surface area (Å²) < 4.78 is 5.30. The van der Waals surface area contributed by atoms with Crippen LogP contribution in [-0.2, 0) is 12.8 Å². The van der Waals surface area contributed by atoms with E-state index in [1.165, 1.54) is 12.8 Å². The van der Waals surface area contributed by atoms with Crippen LogP contribution in [0.25, 0.3) is 0 Å². The fourth-order valence-electron chi connectivity index (χ4n) is 1.17. The molecule has 0 amide bonds. The Labute approximate surface area is 66.6 Å². The first kappa shape index (κ1) is 6.89. The Morgan fingerprint density at radius 1 is 1.64 bits per heavy atom. The lowest BCUT2D eigenvalue weighted by Gasteiger charge is -1.87. The zero-order valence-electron chi connectivity index (χ0n) is 6.84. The van der Waals surface area contributed by atoms with Gasteiger partial charge in [-0.25, -0.2) is 4.98 Å². The Balaban J connectivity index is 1.99. The van der Waals surface area contributed by atoms with Crippen LogP contribution in [0.4, 0.5) is 0 Å². The van der Waals surface area contributed by atoms with Crippen molar-refractivity contribution < 1.29 is 4.42 Å². The van der Waals surface area contributed by atoms with Gasteiger partial charge in [0.15, 0.2) is 5.89 Å². The van der Waals surface area contributed by atoms with E-state index in [0.717, 1.165) is 30.3 Å². The predicted octanol–water partition coefficient (Wildman–Crippen LogP) is 2.19. The molecule has 2 heteroatoms. The van der Waals surface area contributed by atoms with Gasteiger partial charge in [0.2, 0.25) is 0 Å². The highest BCUT2D eigenvalue weighted by Gasteiger charge is 2.23. The van der Waals surface area contributed by atoms with Crippen LogP contribution in [0, 0.1) is 5.92 Å². The third-order valence-electron chi connectivity index (χ3n) is 2.12. The summed E-state index contributed by atoms with van der Waals surface area (Å²) in [6.07, 6.45) is 6.54. The average Bonchev–Trinajstić information content (AvgIpc) is 2.68. The molecule has 1 aromatic heterocycles. The van der Waals surface area contributed by atoms with Gasteiger partial charge >= 0.3 is 0 Å². The molecule has 0 unspecified atom stereocenters. The SMILES string of the molecule is CCc1coc(CC2CC2)n1. The number of aryl methyl sites for hydroxylation is 1. The normalized spacial score (nSPS) is 17.2. The highest BCUT2D eigenvalue weighted by molar-refractivity contribution is 4.97. The van der Waals surface area contributed by atoms with Gasteiger partial charge in [-0.3, -0.25) is 0 Å². The average molecular weight is 151 g/mol. The molecule has 1 heterocycles. The van der Waals surface area contributed by atoms with Crippen LogP contribution in [0.1, 0.15) is 31.4 Å². The molecule has 1 aromatic rings. The molecule has 0 spiro atoms. The minimum atomic E-state index is 0.873. The van der Waals surface area contributed by atoms with E-state index in [1.54, 1.807) is 6.26 Å². The number of aromatic nitrogens is 1. The molecular formula is C9H13NO. The van der Waals surface area contributed by atoms with Crippen molar-refractivity contribution in [1.82, 2.24) is 4.98 Å². The third-order valence-corrected chi connectivity index (χ3v) is 2.12. The van der Waals surface area contributed by atoms with E-state index in [-0.39, 0.29) is 0 Å². The first-order valence-corrected chi connectivity index (χ1v) is 4.31. The quantitative estimate of drug-likeness (QED) is 0.661. The van der Waals surface area contributed by atoms with Crippen molar-refractivity contribution in [3.8, 4) is 0 Å². The van der Waals surface area contributed by atoms with Crippen LogP contribution in [0.5, 0.6) is 0 Å². The molecular weight excluding hydrogens is 138 g/mol. The van der Waals surface area contributed by atoms with E-state index in [2.05, 4.69) is 11.9 Å². The minimum absolute atomic E-state index is 0.873. The standard InChI is InChI=1S/C9H13NO/c1-2-8-6-11-9(10-8)5-7-3-4-7/h6-7H,2-5H2,1H3. The van der Waals surface area contributed by atoms with Gasteiger partial charge in [-0.1, -0.05) is 6.92 Å². The molecule has 0 aromatic carbocycles. The first-order valence-electron chi connectivity index (χ1n) is 4.31. The second kappa shape index (κ2) is 2.68. The molecule has 1 aliphatic rings. The number of rotatable bonds is 3. The van der Waals surface area contributed by atoms with E-state index in [9.17, 15) is 0 Å². The number of hydrogen-bond donors (Lipinski definition) is 0. The molecule has 0 atom stereocenters. The second-order valence-electron chi connectivity index (χ2n) is 3.23. The molecule has 1 saturated carbocycles. The zero-order valence-corrected chi connectivity index (χ0v) is 6.84. The molecule has 0 bridgehead atoms. The maximum absolute atomic E-state index is 5.30. The lowest BCUT2D eigenvalue weighted by molar-refractivity contribution is 0.482. The minimum Gasteiger partial charge on any atom is -0.449 e. The molecule has 2 nitrogen and oxygen atoms in total. The van der Waals surface area contributed by atoms with Crippen molar-refractivity contribution >= 4 is 0 Å². The summed E-state index contributed by atoms with van der Waals surface area (Å²) in [5.74, 6) is 1.81. The third kappa shape index (κ3) is 1.62. The number of oxazole rings is 1. The zero-order chi connectivity index (χ0) is 7.68. The fourth-order valence-corrected chi connectivity index (χ4v) is 1.17. The Morgan fingerprint density at radius 3 is 3.00 bits per heavy atom. The van der Waals surface area contributed by atoms with Crippen molar-refractivity contribution in [2.24, 2.45) is 5.92 Å². The smallest absolute Gasteiger partial charge is 0.194 e. The fraction of sp³-hybridized carbons (Fsp3) is 0.667. The molecule has 11 heavy (non-hydrogen) atoms.